The Morgan fingerprint density at radius 3 is 2.65 bits per heavy atom. The van der Waals surface area contributed by atoms with Crippen LogP contribution in [0.25, 0.3) is 10.9 Å². The molecule has 0 aliphatic rings. The number of hydroxylamine groups is 2. The molecule has 1 aromatic carbocycles. The number of aromatic nitrogens is 2. The van der Waals surface area contributed by atoms with Gasteiger partial charge < -0.3 is 9.88 Å². The minimum absolute atomic E-state index is 0.00160. The van der Waals surface area contributed by atoms with Crippen LogP contribution in [0.1, 0.15) is 21.6 Å². The number of rotatable bonds is 5. The summed E-state index contributed by atoms with van der Waals surface area (Å²) in [6.07, 6.45) is 3.35. The molecule has 0 fully saturated rings. The molecule has 8 heteroatoms. The average Bonchev–Trinajstić information content (AvgIpc) is 2.98. The lowest BCUT2D eigenvalue weighted by atomic mass is 10.1. The monoisotopic (exact) mass is 360 g/mol. The van der Waals surface area contributed by atoms with Gasteiger partial charge in [-0.2, -0.15) is 0 Å². The molecule has 2 aromatic heterocycles. The molecule has 3 aromatic rings. The van der Waals surface area contributed by atoms with Crippen LogP contribution in [0.4, 0.5) is 8.78 Å². The predicted molar refractivity (Wildman–Crippen MR) is 91.5 cm³/mol. The Bertz CT molecular complexity index is 956. The van der Waals surface area contributed by atoms with Crippen molar-refractivity contribution in [3.05, 3.63) is 65.1 Å². The van der Waals surface area contributed by atoms with E-state index in [1.54, 1.807) is 6.07 Å². The third-order valence-corrected chi connectivity index (χ3v) is 3.93. The van der Waals surface area contributed by atoms with Gasteiger partial charge in [0.05, 0.1) is 18.3 Å². The molecule has 0 aliphatic heterocycles. The fourth-order valence-corrected chi connectivity index (χ4v) is 2.68. The zero-order valence-electron chi connectivity index (χ0n) is 14.3. The number of hydrogen-bond donors (Lipinski definition) is 2. The molecule has 6 nitrogen and oxygen atoms in total. The maximum absolute atomic E-state index is 13.7. The van der Waals surface area contributed by atoms with Crippen molar-refractivity contribution in [2.24, 2.45) is 0 Å². The topological polar surface area (TPSA) is 72.5 Å². The first kappa shape index (κ1) is 18.0. The Hall–Kier alpha value is -2.84. The molecule has 0 unspecified atom stereocenters. The molecule has 136 valence electrons. The molecular weight excluding hydrogens is 342 g/mol. The lowest BCUT2D eigenvalue weighted by molar-refractivity contribution is -0.0657. The van der Waals surface area contributed by atoms with Gasteiger partial charge in [-0.25, -0.2) is 18.8 Å². The number of pyridine rings is 1. The highest BCUT2D eigenvalue weighted by atomic mass is 19.1. The van der Waals surface area contributed by atoms with Crippen LogP contribution in [0, 0.1) is 11.6 Å². The molecule has 2 heterocycles. The van der Waals surface area contributed by atoms with E-state index in [0.29, 0.717) is 17.7 Å². The first-order valence-electron chi connectivity index (χ1n) is 7.90. The molecule has 0 aliphatic carbocycles. The SMILES string of the molecule is CN(C)Cc1c[nH]c2cnc(C(=O)N(O)Cc3ccc(F)cc3F)cc12. The van der Waals surface area contributed by atoms with Gasteiger partial charge >= 0.3 is 0 Å². The number of amides is 1. The third-order valence-electron chi connectivity index (χ3n) is 3.93. The predicted octanol–water partition coefficient (Wildman–Crippen LogP) is 2.93. The van der Waals surface area contributed by atoms with Crippen LogP contribution in [0.15, 0.2) is 36.7 Å². The van der Waals surface area contributed by atoms with Gasteiger partial charge in [-0.3, -0.25) is 10.0 Å². The van der Waals surface area contributed by atoms with Crippen molar-refractivity contribution in [3.8, 4) is 0 Å². The zero-order chi connectivity index (χ0) is 18.8. The molecule has 0 atom stereocenters. The van der Waals surface area contributed by atoms with Crippen LogP contribution >= 0.6 is 0 Å². The highest BCUT2D eigenvalue weighted by Crippen LogP contribution is 2.20. The molecule has 0 spiro atoms. The van der Waals surface area contributed by atoms with Crippen molar-refractivity contribution < 1.29 is 18.8 Å². The van der Waals surface area contributed by atoms with E-state index in [1.165, 1.54) is 12.3 Å². The minimum Gasteiger partial charge on any atom is -0.360 e. The number of nitrogens with one attached hydrogen (secondary N) is 1. The van der Waals surface area contributed by atoms with E-state index in [0.717, 1.165) is 22.5 Å². The highest BCUT2D eigenvalue weighted by molar-refractivity contribution is 5.96. The Labute approximate surface area is 148 Å². The standard InChI is InChI=1S/C18H18F2N4O2/c1-23(2)9-12-7-21-17-8-22-16(6-14(12)17)18(25)24(26)10-11-3-4-13(19)5-15(11)20/h3-8,21,26H,9-10H2,1-2H3. The summed E-state index contributed by atoms with van der Waals surface area (Å²) >= 11 is 0. The number of halogens is 2. The summed E-state index contributed by atoms with van der Waals surface area (Å²) < 4.78 is 26.7. The molecular formula is C18H18F2N4O2. The fraction of sp³-hybridized carbons (Fsp3) is 0.222. The number of aromatic amines is 1. The Morgan fingerprint density at radius 1 is 1.19 bits per heavy atom. The number of fused-ring (bicyclic) bond motifs is 1. The third kappa shape index (κ3) is 3.71. The van der Waals surface area contributed by atoms with E-state index in [-0.39, 0.29) is 11.3 Å². The van der Waals surface area contributed by atoms with Crippen molar-refractivity contribution in [2.45, 2.75) is 13.1 Å². The van der Waals surface area contributed by atoms with E-state index < -0.39 is 24.1 Å². The molecule has 26 heavy (non-hydrogen) atoms. The second-order valence-corrected chi connectivity index (χ2v) is 6.27. The molecule has 0 saturated heterocycles. The number of carbonyl (C=O) groups is 1. The summed E-state index contributed by atoms with van der Waals surface area (Å²) in [6.45, 7) is 0.254. The van der Waals surface area contributed by atoms with Crippen LogP contribution in [0.5, 0.6) is 0 Å². The maximum atomic E-state index is 13.7. The van der Waals surface area contributed by atoms with Gasteiger partial charge in [-0.1, -0.05) is 6.07 Å². The van der Waals surface area contributed by atoms with Crippen molar-refractivity contribution >= 4 is 16.8 Å². The van der Waals surface area contributed by atoms with E-state index in [9.17, 15) is 18.8 Å². The summed E-state index contributed by atoms with van der Waals surface area (Å²) in [5.41, 5.74) is 1.78. The van der Waals surface area contributed by atoms with Gasteiger partial charge in [0, 0.05) is 29.8 Å². The lowest BCUT2D eigenvalue weighted by Crippen LogP contribution is -2.28. The van der Waals surface area contributed by atoms with E-state index >= 15 is 0 Å². The van der Waals surface area contributed by atoms with Crippen LogP contribution in [0.2, 0.25) is 0 Å². The Kier molecular flexibility index (Phi) is 4.97. The summed E-state index contributed by atoms with van der Waals surface area (Å²) in [4.78, 5) is 21.5. The molecule has 1 amide bonds. The molecule has 0 bridgehead atoms. The number of carbonyl (C=O) groups excluding carboxylic acids is 1. The summed E-state index contributed by atoms with van der Waals surface area (Å²) in [7, 11) is 3.86. The van der Waals surface area contributed by atoms with Crippen molar-refractivity contribution in [1.29, 1.82) is 0 Å². The average molecular weight is 360 g/mol. The van der Waals surface area contributed by atoms with E-state index in [4.69, 9.17) is 0 Å². The number of hydrogen-bond acceptors (Lipinski definition) is 4. The summed E-state index contributed by atoms with van der Waals surface area (Å²) in [5, 5.41) is 11.2. The van der Waals surface area contributed by atoms with Crippen molar-refractivity contribution in [2.75, 3.05) is 14.1 Å². The highest BCUT2D eigenvalue weighted by Gasteiger charge is 2.19. The number of H-pyrrole nitrogens is 1. The first-order valence-corrected chi connectivity index (χ1v) is 7.90. The Morgan fingerprint density at radius 2 is 1.96 bits per heavy atom. The van der Waals surface area contributed by atoms with Gasteiger partial charge in [0.2, 0.25) is 0 Å². The number of benzene rings is 1. The zero-order valence-corrected chi connectivity index (χ0v) is 14.3. The van der Waals surface area contributed by atoms with Crippen molar-refractivity contribution in [3.63, 3.8) is 0 Å². The lowest BCUT2D eigenvalue weighted by Gasteiger charge is -2.15. The Balaban J connectivity index is 1.84. The maximum Gasteiger partial charge on any atom is 0.296 e. The normalized spacial score (nSPS) is 11.3. The van der Waals surface area contributed by atoms with Crippen LogP contribution in [-0.4, -0.2) is 45.1 Å². The van der Waals surface area contributed by atoms with Gasteiger partial charge in [0.15, 0.2) is 0 Å². The molecule has 2 N–H and O–H groups in total. The van der Waals surface area contributed by atoms with Gasteiger partial charge in [0.25, 0.3) is 5.91 Å². The van der Waals surface area contributed by atoms with Gasteiger partial charge in [0.1, 0.15) is 17.3 Å². The molecule has 0 saturated carbocycles. The van der Waals surface area contributed by atoms with E-state index in [1.807, 2.05) is 25.2 Å². The van der Waals surface area contributed by atoms with Gasteiger partial charge in [-0.15, -0.1) is 0 Å². The number of nitrogens with zero attached hydrogens (tertiary/aromatic N) is 3. The van der Waals surface area contributed by atoms with Crippen LogP contribution in [-0.2, 0) is 13.1 Å². The summed E-state index contributed by atoms with van der Waals surface area (Å²) in [6, 6.07) is 4.52. The second-order valence-electron chi connectivity index (χ2n) is 6.27. The van der Waals surface area contributed by atoms with E-state index in [2.05, 4.69) is 9.97 Å². The smallest absolute Gasteiger partial charge is 0.296 e. The summed E-state index contributed by atoms with van der Waals surface area (Å²) in [5.74, 6) is -2.33. The fourth-order valence-electron chi connectivity index (χ4n) is 2.68. The quantitative estimate of drug-likeness (QED) is 0.542. The van der Waals surface area contributed by atoms with Crippen LogP contribution in [0.3, 0.4) is 0 Å². The second kappa shape index (κ2) is 7.19. The molecule has 3 rings (SSSR count). The van der Waals surface area contributed by atoms with Crippen LogP contribution < -0.4 is 0 Å². The molecule has 0 radical (unpaired) electrons. The minimum atomic E-state index is -0.834. The van der Waals surface area contributed by atoms with Crippen molar-refractivity contribution in [1.82, 2.24) is 19.9 Å². The first-order chi connectivity index (χ1) is 12.3. The largest absolute Gasteiger partial charge is 0.360 e. The van der Waals surface area contributed by atoms with Gasteiger partial charge in [-0.05, 0) is 31.8 Å².